The van der Waals surface area contributed by atoms with Gasteiger partial charge < -0.3 is 41.5 Å². The summed E-state index contributed by atoms with van der Waals surface area (Å²) < 4.78 is 130. The fourth-order valence-electron chi connectivity index (χ4n) is 17.5. The zero-order chi connectivity index (χ0) is 98.4. The minimum absolute atomic E-state index is 0.00337. The number of anilines is 5. The third-order valence-corrected chi connectivity index (χ3v) is 24.1. The number of hydrogen-bond acceptors (Lipinski definition) is 21. The number of imide groups is 2. The lowest BCUT2D eigenvalue weighted by Crippen LogP contribution is -2.44. The van der Waals surface area contributed by atoms with Crippen LogP contribution in [0.2, 0.25) is 0 Å². The molecule has 18 rings (SSSR count). The number of amides is 8. The number of aromatic amines is 2. The molecule has 7 N–H and O–H groups in total. The van der Waals surface area contributed by atoms with Gasteiger partial charge in [0, 0.05) is 171 Å². The first-order valence-electron chi connectivity index (χ1n) is 43.9. The molecule has 0 bridgehead atoms. The van der Waals surface area contributed by atoms with E-state index in [0.29, 0.717) is 42.8 Å². The van der Waals surface area contributed by atoms with E-state index in [1.807, 2.05) is 13.8 Å². The van der Waals surface area contributed by atoms with Crippen molar-refractivity contribution in [3.05, 3.63) is 266 Å². The highest BCUT2D eigenvalue weighted by atomic mass is 19.4. The van der Waals surface area contributed by atoms with Crippen molar-refractivity contribution in [2.24, 2.45) is 23.5 Å². The Labute approximate surface area is 772 Å². The zero-order valence-electron chi connectivity index (χ0n) is 73.9. The molecule has 13 heterocycles. The third-order valence-electron chi connectivity index (χ3n) is 24.1. The molecule has 13 aromatic rings. The van der Waals surface area contributed by atoms with Gasteiger partial charge in [-0.25, -0.2) is 24.4 Å². The molecule has 3 fully saturated rings. The van der Waals surface area contributed by atoms with Crippen LogP contribution in [0.5, 0.6) is 0 Å². The molecule has 38 nitrogen and oxygen atoms in total. The molecule has 8 amide bonds. The minimum Gasteiger partial charge on any atom is -0.383 e. The zero-order valence-corrected chi connectivity index (χ0v) is 73.9. The average Bonchev–Trinajstić information content (AvgIpc) is 1.60. The van der Waals surface area contributed by atoms with Gasteiger partial charge in [0.25, 0.3) is 46.2 Å². The highest BCUT2D eigenvalue weighted by Gasteiger charge is 2.42. The number of aromatic nitrogens is 16. The second-order valence-electron chi connectivity index (χ2n) is 33.6. The van der Waals surface area contributed by atoms with Crippen molar-refractivity contribution in [3.8, 4) is 22.8 Å². The summed E-state index contributed by atoms with van der Waals surface area (Å²) in [7, 11) is 0. The fourth-order valence-corrected chi connectivity index (χ4v) is 17.5. The molecule has 0 spiro atoms. The highest BCUT2D eigenvalue weighted by Crippen LogP contribution is 2.39. The van der Waals surface area contributed by atoms with Crippen molar-refractivity contribution < 1.29 is 77.9 Å². The lowest BCUT2D eigenvalue weighted by Gasteiger charge is -2.19. The maximum absolute atomic E-state index is 13.5. The van der Waals surface area contributed by atoms with Crippen molar-refractivity contribution in [2.75, 3.05) is 65.0 Å². The van der Waals surface area contributed by atoms with Gasteiger partial charge in [-0.3, -0.25) is 104 Å². The predicted molar refractivity (Wildman–Crippen MR) is 480 cm³/mol. The number of nitrogens with one attached hydrogen (secondary N) is 3. The third kappa shape index (κ3) is 19.0. The minimum atomic E-state index is -4.56. The van der Waals surface area contributed by atoms with Crippen molar-refractivity contribution >= 4 is 98.2 Å². The lowest BCUT2D eigenvalue weighted by molar-refractivity contribution is -0.138. The van der Waals surface area contributed by atoms with Crippen LogP contribution in [0.4, 0.5) is 68.1 Å². The second kappa shape index (κ2) is 38.4. The number of carbonyl (C=O) groups is 8. The van der Waals surface area contributed by atoms with Gasteiger partial charge in [0.2, 0.25) is 17.7 Å². The van der Waals surface area contributed by atoms with Crippen molar-refractivity contribution in [1.82, 2.24) is 86.5 Å². The summed E-state index contributed by atoms with van der Waals surface area (Å²) in [6, 6.07) is 26.7. The number of halogens is 9. The Morgan fingerprint density at radius 3 is 1.12 bits per heavy atom. The second-order valence-corrected chi connectivity index (χ2v) is 33.6. The Morgan fingerprint density at radius 1 is 0.413 bits per heavy atom. The van der Waals surface area contributed by atoms with Crippen LogP contribution >= 0.6 is 0 Å². The van der Waals surface area contributed by atoms with E-state index in [-0.39, 0.29) is 231 Å². The molecule has 5 aliphatic heterocycles. The van der Waals surface area contributed by atoms with Gasteiger partial charge in [-0.15, -0.1) is 0 Å². The van der Waals surface area contributed by atoms with Crippen molar-refractivity contribution in [1.29, 1.82) is 0 Å². The molecule has 0 aliphatic carbocycles. The number of alkyl halides is 9. The summed E-state index contributed by atoms with van der Waals surface area (Å²) in [4.78, 5) is 203. The molecule has 5 aromatic carbocycles. The Bertz CT molecular complexity index is 7360. The van der Waals surface area contributed by atoms with Gasteiger partial charge in [-0.05, 0) is 98.1 Å². The fraction of sp³-hybridized carbons (Fsp3) is 0.330. The summed E-state index contributed by atoms with van der Waals surface area (Å²) in [6.07, 6.45) is -2.73. The van der Waals surface area contributed by atoms with E-state index < -0.39 is 98.5 Å². The Morgan fingerprint density at radius 2 is 0.754 bits per heavy atom. The standard InChI is InChI=1S/C33H31F3N8O6.C33H29F3N8O5.C25H27F3N8O3/c1-2-10-43-31(49)26(27(37)41(32(43)50)11-12-42-29(47)23-8-3-4-9-24(23)30(42)48)39-28(46)20-15-38-40(18-20)16-19-13-25(45)44(17-19)22-7-5-6-21(14-22)33(34,35)36;1-2-10-43-31(48)26-28(41(32(43)49)11-12-42-29(46)23-8-3-4-9-24(23)30(42)47)39-27(38-26)20-15-37-40(18-20)16-19-13-25(45)44(17-19)22-7-5-6-21(14-22)33(34,35)36;1-2-7-35-23(38)20-22(34(8-6-29)24(35)39)32-21(31-20)16-11-30-33(14-16)12-15-9-19(37)36(13-15)18-5-3-4-17(10-18)25(26,27)28/h3-9,14-15,18-19H,2,10-13,16-17,37H2,1H3,(H,39,46);3-9,14-15,18-19H,2,10-13,16-17H2,1H3,(H,38,39);3-5,10-11,14-15H,2,6-9,12-13,29H2,1H3,(H,31,32). The first kappa shape index (κ1) is 95.2. The number of imidazole rings is 2. The number of hydrogen-bond donors (Lipinski definition) is 5. The number of rotatable bonds is 27. The number of carbonyl (C=O) groups excluding carboxylic acids is 8. The molecule has 47 heteroatoms. The summed E-state index contributed by atoms with van der Waals surface area (Å²) >= 11 is 0. The Hall–Kier alpha value is -16.0. The maximum Gasteiger partial charge on any atom is 0.416 e. The molecule has 8 aromatic heterocycles. The quantitative estimate of drug-likeness (QED) is 0.0238. The van der Waals surface area contributed by atoms with Crippen LogP contribution < -0.4 is 65.2 Å². The number of nitrogens with two attached hydrogens (primary N) is 2. The molecule has 3 saturated heterocycles. The SMILES string of the molecule is CCCn1c(=O)c(NC(=O)c2cnn(CC3CC(=O)N(c4cccc(C(F)(F)F)c4)C3)c2)c(N)n(CCN2C(=O)c3ccccc3C2=O)c1=O.CCCn1c(=O)c2[nH]c(-c3cnn(CC4CC(=O)N(c5cccc(C(F)(F)F)c5)C4)c3)nc2n(CCN)c1=O.CCCn1c(=O)c2[nH]c(-c3cnn(CC4CC(=O)N(c5cccc(C(F)(F)F)c5)C4)c3)nc2n(CCN2C(=O)c3ccccc3C2=O)c1=O. The number of nitrogens with zero attached hydrogens (tertiary/aromatic N) is 19. The van der Waals surface area contributed by atoms with Crippen LogP contribution in [0.15, 0.2) is 187 Å². The molecule has 5 aliphatic rings. The van der Waals surface area contributed by atoms with E-state index in [1.54, 1.807) is 71.3 Å². The van der Waals surface area contributed by atoms with Crippen LogP contribution in [0.1, 0.15) is 128 Å². The van der Waals surface area contributed by atoms with E-state index in [9.17, 15) is 107 Å². The first-order chi connectivity index (χ1) is 65.8. The first-order valence-corrected chi connectivity index (χ1v) is 43.9. The summed E-state index contributed by atoms with van der Waals surface area (Å²) in [5.41, 5.74) is 8.46. The molecule has 718 valence electrons. The van der Waals surface area contributed by atoms with E-state index in [0.717, 1.165) is 64.5 Å². The number of benzene rings is 5. The van der Waals surface area contributed by atoms with Crippen molar-refractivity contribution in [2.45, 2.75) is 137 Å². The molecule has 3 unspecified atom stereocenters. The Kier molecular flexibility index (Phi) is 26.5. The number of fused-ring (bicyclic) bond motifs is 4. The molecule has 0 radical (unpaired) electrons. The normalized spacial score (nSPS) is 16.2. The van der Waals surface area contributed by atoms with Crippen LogP contribution in [0.3, 0.4) is 0 Å². The number of H-pyrrole nitrogens is 2. The molecular formula is C91H87F9N24O14. The van der Waals surface area contributed by atoms with E-state index >= 15 is 0 Å². The average molecular weight is 1910 g/mol. The van der Waals surface area contributed by atoms with Gasteiger partial charge in [0.15, 0.2) is 11.3 Å². The topological polar surface area (TPSA) is 460 Å². The van der Waals surface area contributed by atoms with Crippen LogP contribution in [0, 0.1) is 17.8 Å². The molecule has 138 heavy (non-hydrogen) atoms. The van der Waals surface area contributed by atoms with Crippen LogP contribution in [-0.2, 0) is 91.8 Å². The predicted octanol–water partition coefficient (Wildman–Crippen LogP) is 8.54. The molecule has 0 saturated carbocycles. The smallest absolute Gasteiger partial charge is 0.383 e. The highest BCUT2D eigenvalue weighted by molar-refractivity contribution is 6.22. The van der Waals surface area contributed by atoms with Gasteiger partial charge in [-0.1, -0.05) is 63.2 Å². The lowest BCUT2D eigenvalue weighted by atomic mass is 10.1. The summed E-state index contributed by atoms with van der Waals surface area (Å²) in [5, 5.41) is 15.4. The number of nitrogen functional groups attached to an aromatic ring is 1. The summed E-state index contributed by atoms with van der Waals surface area (Å²) in [5.74, 6) is -4.20. The van der Waals surface area contributed by atoms with Gasteiger partial charge >= 0.3 is 35.6 Å². The summed E-state index contributed by atoms with van der Waals surface area (Å²) in [6.45, 7) is 6.93. The van der Waals surface area contributed by atoms with E-state index in [4.69, 9.17) is 11.5 Å². The maximum atomic E-state index is 13.5. The van der Waals surface area contributed by atoms with Gasteiger partial charge in [0.05, 0.1) is 74.2 Å². The molecular weight excluding hydrogens is 1820 g/mol. The van der Waals surface area contributed by atoms with Crippen molar-refractivity contribution in [3.63, 3.8) is 0 Å². The largest absolute Gasteiger partial charge is 0.416 e. The van der Waals surface area contributed by atoms with E-state index in [2.05, 4.69) is 40.5 Å². The Balaban J connectivity index is 0.000000151. The monoisotopic (exact) mass is 1910 g/mol. The van der Waals surface area contributed by atoms with E-state index in [1.165, 1.54) is 95.6 Å². The van der Waals surface area contributed by atoms with Gasteiger partial charge in [-0.2, -0.15) is 54.8 Å². The van der Waals surface area contributed by atoms with Crippen LogP contribution in [0.25, 0.3) is 45.1 Å². The van der Waals surface area contributed by atoms with Crippen LogP contribution in [-0.4, -0.2) is 173 Å². The molecule has 3 atom stereocenters. The van der Waals surface area contributed by atoms with Gasteiger partial charge in [0.1, 0.15) is 34.2 Å².